The van der Waals surface area contributed by atoms with Gasteiger partial charge in [0.1, 0.15) is 19.0 Å². The number of hydrogen-bond acceptors (Lipinski definition) is 5. The Morgan fingerprint density at radius 1 is 1.00 bits per heavy atom. The van der Waals surface area contributed by atoms with E-state index in [0.717, 1.165) is 0 Å². The number of carbonyl (C=O) groups is 1. The molecule has 0 radical (unpaired) electrons. The molecule has 0 aliphatic heterocycles. The molecule has 5 nitrogen and oxygen atoms in total. The third kappa shape index (κ3) is 3.95. The monoisotopic (exact) mass is 307 g/mol. The first kappa shape index (κ1) is 15.4. The molecule has 0 aliphatic carbocycles. The zero-order valence-electron chi connectivity index (χ0n) is 9.55. The molecule has 1 aromatic carbocycles. The van der Waals surface area contributed by atoms with Crippen molar-refractivity contribution in [1.82, 2.24) is 0 Å². The maximum atomic E-state index is 10.9. The van der Waals surface area contributed by atoms with Gasteiger partial charge in [0.15, 0.2) is 11.5 Å². The van der Waals surface area contributed by atoms with Crippen molar-refractivity contribution in [3.63, 3.8) is 0 Å². The number of carboxylic acids is 1. The molecule has 0 N–H and O–H groups in total. The smallest absolute Gasteiger partial charge is 0.203 e. The van der Waals surface area contributed by atoms with Gasteiger partial charge in [0.25, 0.3) is 0 Å². The maximum Gasteiger partial charge on any atom is 0.203 e. The van der Waals surface area contributed by atoms with Crippen molar-refractivity contribution >= 4 is 33.7 Å². The molecule has 0 amide bonds. The lowest BCUT2D eigenvalue weighted by Gasteiger charge is -2.17. The summed E-state index contributed by atoms with van der Waals surface area (Å²) in [6, 6.07) is 2.70. The van der Waals surface area contributed by atoms with Crippen molar-refractivity contribution in [2.24, 2.45) is 0 Å². The van der Waals surface area contributed by atoms with Gasteiger partial charge in [-0.25, -0.2) is 0 Å². The zero-order valence-corrected chi connectivity index (χ0v) is 13.0. The molecule has 0 aliphatic rings. The number of carboxylic acid groups (broad SMARTS) is 1. The Labute approximate surface area is 112 Å². The van der Waals surface area contributed by atoms with Crippen LogP contribution in [0, 0.1) is 0 Å². The molecule has 0 saturated carbocycles. The quantitative estimate of drug-likeness (QED) is 0.693. The first-order chi connectivity index (χ1) is 8.63. The van der Waals surface area contributed by atoms with Crippen molar-refractivity contribution in [2.45, 2.75) is 0 Å². The summed E-state index contributed by atoms with van der Waals surface area (Å²) in [7, 11) is 7.16. The Hall–Kier alpha value is -0.620. The maximum absolute atomic E-state index is 10.9. The molecular formula is C10H14O5P3-. The normalized spacial score (nSPS) is 9.94. The van der Waals surface area contributed by atoms with Crippen molar-refractivity contribution in [3.05, 3.63) is 17.7 Å². The minimum Gasteiger partial charge on any atom is -0.545 e. The predicted octanol–water partition coefficient (Wildman–Crippen LogP) is 0.684. The SMILES string of the molecule is O=C([O-])c1cc(OCP)c(OCP)c(OCP)c1. The third-order valence-electron chi connectivity index (χ3n) is 1.96. The molecule has 0 heterocycles. The van der Waals surface area contributed by atoms with Gasteiger partial charge in [0, 0.05) is 5.56 Å². The average Bonchev–Trinajstić information content (AvgIpc) is 2.33. The van der Waals surface area contributed by atoms with E-state index in [4.69, 9.17) is 14.2 Å². The van der Waals surface area contributed by atoms with E-state index in [1.807, 2.05) is 0 Å². The molecule has 0 bridgehead atoms. The predicted molar refractivity (Wildman–Crippen MR) is 76.4 cm³/mol. The Kier molecular flexibility index (Phi) is 6.63. The Morgan fingerprint density at radius 3 is 1.78 bits per heavy atom. The summed E-state index contributed by atoms with van der Waals surface area (Å²) in [6.45, 7) is 0. The molecule has 8 heteroatoms. The van der Waals surface area contributed by atoms with Gasteiger partial charge in [-0.05, 0) is 12.1 Å². The van der Waals surface area contributed by atoms with E-state index in [9.17, 15) is 9.90 Å². The fourth-order valence-corrected chi connectivity index (χ4v) is 1.84. The van der Waals surface area contributed by atoms with Crippen molar-refractivity contribution in [3.8, 4) is 17.2 Å². The molecule has 3 unspecified atom stereocenters. The molecule has 1 aromatic rings. The number of ether oxygens (including phenoxy) is 3. The van der Waals surface area contributed by atoms with E-state index in [2.05, 4.69) is 27.7 Å². The molecule has 1 rings (SSSR count). The van der Waals surface area contributed by atoms with Gasteiger partial charge in [-0.2, -0.15) is 0 Å². The van der Waals surface area contributed by atoms with Crippen LogP contribution in [0.3, 0.4) is 0 Å². The summed E-state index contributed by atoms with van der Waals surface area (Å²) in [5.74, 6) is -0.306. The van der Waals surface area contributed by atoms with Gasteiger partial charge in [-0.1, -0.05) is 27.7 Å². The Bertz CT molecular complexity index is 397. The zero-order chi connectivity index (χ0) is 13.5. The average molecular weight is 307 g/mol. The summed E-state index contributed by atoms with van der Waals surface area (Å²) in [4.78, 5) is 10.9. The second kappa shape index (κ2) is 7.74. The second-order valence-electron chi connectivity index (χ2n) is 3.02. The largest absolute Gasteiger partial charge is 0.545 e. The van der Waals surface area contributed by atoms with Crippen LogP contribution in [0.5, 0.6) is 17.2 Å². The van der Waals surface area contributed by atoms with Gasteiger partial charge >= 0.3 is 0 Å². The summed E-state index contributed by atoms with van der Waals surface area (Å²) in [5, 5.41) is 10.9. The summed E-state index contributed by atoms with van der Waals surface area (Å²) in [5.41, 5.74) is -0.0204. The summed E-state index contributed by atoms with van der Waals surface area (Å²) >= 11 is 0. The Balaban J connectivity index is 3.28. The number of benzene rings is 1. The summed E-state index contributed by atoms with van der Waals surface area (Å²) < 4.78 is 16.0. The molecule has 0 aromatic heterocycles. The van der Waals surface area contributed by atoms with Crippen LogP contribution in [-0.4, -0.2) is 25.0 Å². The van der Waals surface area contributed by atoms with Crippen LogP contribution in [0.2, 0.25) is 0 Å². The molecule has 18 heavy (non-hydrogen) atoms. The van der Waals surface area contributed by atoms with Gasteiger partial charge in [-0.3, -0.25) is 0 Å². The van der Waals surface area contributed by atoms with E-state index in [0.29, 0.717) is 36.3 Å². The molecule has 0 saturated heterocycles. The molecule has 100 valence electrons. The molecule has 3 atom stereocenters. The lowest BCUT2D eigenvalue weighted by Crippen LogP contribution is -2.22. The molecule has 0 fully saturated rings. The van der Waals surface area contributed by atoms with Gasteiger partial charge in [-0.15, -0.1) is 0 Å². The van der Waals surface area contributed by atoms with Crippen LogP contribution in [0.25, 0.3) is 0 Å². The number of hydrogen-bond donors (Lipinski definition) is 0. The third-order valence-corrected chi connectivity index (χ3v) is 2.46. The van der Waals surface area contributed by atoms with Crippen LogP contribution in [0.1, 0.15) is 10.4 Å². The molecular weight excluding hydrogens is 293 g/mol. The van der Waals surface area contributed by atoms with Crippen LogP contribution < -0.4 is 19.3 Å². The van der Waals surface area contributed by atoms with Crippen molar-refractivity contribution in [2.75, 3.05) is 19.0 Å². The second-order valence-corrected chi connectivity index (χ2v) is 4.02. The lowest BCUT2D eigenvalue weighted by molar-refractivity contribution is -0.255. The highest BCUT2D eigenvalue weighted by molar-refractivity contribution is 7.16. The molecule has 0 spiro atoms. The fraction of sp³-hybridized carbons (Fsp3) is 0.300. The highest BCUT2D eigenvalue weighted by Crippen LogP contribution is 2.39. The van der Waals surface area contributed by atoms with Crippen LogP contribution in [-0.2, 0) is 0 Å². The van der Waals surface area contributed by atoms with Gasteiger partial charge < -0.3 is 24.1 Å². The van der Waals surface area contributed by atoms with E-state index >= 15 is 0 Å². The highest BCUT2D eigenvalue weighted by Gasteiger charge is 2.15. The van der Waals surface area contributed by atoms with E-state index in [-0.39, 0.29) is 5.56 Å². The highest BCUT2D eigenvalue weighted by atomic mass is 31.0. The van der Waals surface area contributed by atoms with Crippen LogP contribution >= 0.6 is 27.7 Å². The van der Waals surface area contributed by atoms with Crippen molar-refractivity contribution in [1.29, 1.82) is 0 Å². The number of carbonyl (C=O) groups excluding carboxylic acids is 1. The van der Waals surface area contributed by atoms with Gasteiger partial charge in [0.2, 0.25) is 5.75 Å². The van der Waals surface area contributed by atoms with Crippen LogP contribution in [0.4, 0.5) is 0 Å². The van der Waals surface area contributed by atoms with Crippen LogP contribution in [0.15, 0.2) is 12.1 Å². The Morgan fingerprint density at radius 2 is 1.44 bits per heavy atom. The first-order valence-electron chi connectivity index (χ1n) is 5.02. The first-order valence-corrected chi connectivity index (χ1v) is 7.47. The fourth-order valence-electron chi connectivity index (χ4n) is 1.31. The van der Waals surface area contributed by atoms with E-state index < -0.39 is 5.97 Å². The lowest BCUT2D eigenvalue weighted by atomic mass is 10.2. The van der Waals surface area contributed by atoms with E-state index in [1.54, 1.807) is 0 Å². The van der Waals surface area contributed by atoms with Crippen molar-refractivity contribution < 1.29 is 24.1 Å². The minimum atomic E-state index is -1.30. The van der Waals surface area contributed by atoms with E-state index in [1.165, 1.54) is 12.1 Å². The number of aromatic carboxylic acids is 1. The number of rotatable bonds is 7. The van der Waals surface area contributed by atoms with Gasteiger partial charge in [0.05, 0.1) is 5.97 Å². The topological polar surface area (TPSA) is 67.8 Å². The standard InChI is InChI=1S/C10H15O5P3/c11-10(12)6-1-7(13-3-16)9(15-5-18)8(2-6)14-4-17/h1-2H,3-5,16-18H2,(H,11,12)/p-1. The summed E-state index contributed by atoms with van der Waals surface area (Å²) in [6.07, 6.45) is 0.958. The minimum absolute atomic E-state index is 0.0204.